The van der Waals surface area contributed by atoms with Crippen LogP contribution in [-0.4, -0.2) is 27.9 Å². The lowest BCUT2D eigenvalue weighted by atomic mass is 10.1. The predicted octanol–water partition coefficient (Wildman–Crippen LogP) is 3.80. The molecule has 0 bridgehead atoms. The normalized spacial score (nSPS) is 11.0. The Morgan fingerprint density at radius 2 is 2.04 bits per heavy atom. The van der Waals surface area contributed by atoms with Crippen molar-refractivity contribution in [1.29, 1.82) is 0 Å². The number of carbonyl (C=O) groups excluding carboxylic acids is 1. The SMILES string of the molecule is CCOC(=O)CSc1nc2scc(-c3ccccc3)c2c(=O)n1CC. The molecule has 0 saturated carbocycles. The molecule has 2 aromatic heterocycles. The van der Waals surface area contributed by atoms with E-state index in [1.54, 1.807) is 11.5 Å². The van der Waals surface area contributed by atoms with Gasteiger partial charge in [-0.1, -0.05) is 42.1 Å². The Kier molecular flexibility index (Phi) is 5.55. The van der Waals surface area contributed by atoms with Crippen molar-refractivity contribution in [3.8, 4) is 11.1 Å². The lowest BCUT2D eigenvalue weighted by Crippen LogP contribution is -2.22. The highest BCUT2D eigenvalue weighted by Crippen LogP contribution is 2.32. The molecule has 0 spiro atoms. The van der Waals surface area contributed by atoms with Crippen LogP contribution in [0.15, 0.2) is 45.7 Å². The van der Waals surface area contributed by atoms with Gasteiger partial charge in [0, 0.05) is 17.5 Å². The van der Waals surface area contributed by atoms with E-state index in [1.807, 2.05) is 42.6 Å². The second-order valence-electron chi connectivity index (χ2n) is 5.23. The molecule has 3 rings (SSSR count). The summed E-state index contributed by atoms with van der Waals surface area (Å²) in [5.74, 6) is -0.163. The fourth-order valence-corrected chi connectivity index (χ4v) is 4.40. The molecule has 25 heavy (non-hydrogen) atoms. The van der Waals surface area contributed by atoms with Gasteiger partial charge in [-0.2, -0.15) is 0 Å². The fraction of sp³-hybridized carbons (Fsp3) is 0.278. The molecule has 0 radical (unpaired) electrons. The van der Waals surface area contributed by atoms with Crippen LogP contribution in [0, 0.1) is 0 Å². The van der Waals surface area contributed by atoms with Crippen LogP contribution in [-0.2, 0) is 16.1 Å². The molecule has 0 fully saturated rings. The monoisotopic (exact) mass is 374 g/mol. The average Bonchev–Trinajstić information content (AvgIpc) is 3.05. The third-order valence-corrected chi connectivity index (χ3v) is 5.51. The Bertz CT molecular complexity index is 948. The van der Waals surface area contributed by atoms with Gasteiger partial charge in [-0.05, 0) is 19.4 Å². The van der Waals surface area contributed by atoms with Crippen molar-refractivity contribution in [2.24, 2.45) is 0 Å². The van der Waals surface area contributed by atoms with Crippen LogP contribution in [0.25, 0.3) is 21.3 Å². The van der Waals surface area contributed by atoms with Crippen LogP contribution < -0.4 is 5.56 Å². The van der Waals surface area contributed by atoms with Gasteiger partial charge in [-0.3, -0.25) is 14.2 Å². The number of rotatable bonds is 6. The number of aromatic nitrogens is 2. The second-order valence-corrected chi connectivity index (χ2v) is 7.03. The van der Waals surface area contributed by atoms with E-state index in [0.29, 0.717) is 28.5 Å². The van der Waals surface area contributed by atoms with Crippen molar-refractivity contribution in [2.45, 2.75) is 25.5 Å². The molecular weight excluding hydrogens is 356 g/mol. The zero-order valence-corrected chi connectivity index (χ0v) is 15.7. The van der Waals surface area contributed by atoms with Crippen LogP contribution in [0.3, 0.4) is 0 Å². The van der Waals surface area contributed by atoms with Gasteiger partial charge in [0.1, 0.15) is 4.83 Å². The Labute approximate surface area is 153 Å². The molecule has 2 heterocycles. The molecule has 0 aliphatic rings. The maximum Gasteiger partial charge on any atom is 0.316 e. The first-order valence-corrected chi connectivity index (χ1v) is 9.88. The van der Waals surface area contributed by atoms with Gasteiger partial charge >= 0.3 is 5.97 Å². The van der Waals surface area contributed by atoms with Gasteiger partial charge in [0.2, 0.25) is 0 Å². The molecule has 3 aromatic rings. The summed E-state index contributed by atoms with van der Waals surface area (Å²) < 4.78 is 6.56. The van der Waals surface area contributed by atoms with Gasteiger partial charge in [0.05, 0.1) is 17.7 Å². The quantitative estimate of drug-likeness (QED) is 0.373. The summed E-state index contributed by atoms with van der Waals surface area (Å²) in [6.07, 6.45) is 0. The third kappa shape index (κ3) is 3.62. The van der Waals surface area contributed by atoms with Gasteiger partial charge < -0.3 is 4.74 Å². The smallest absolute Gasteiger partial charge is 0.316 e. The number of carbonyl (C=O) groups is 1. The number of benzene rings is 1. The van der Waals surface area contributed by atoms with E-state index in [9.17, 15) is 9.59 Å². The van der Waals surface area contributed by atoms with E-state index < -0.39 is 0 Å². The summed E-state index contributed by atoms with van der Waals surface area (Å²) in [5.41, 5.74) is 1.84. The molecule has 130 valence electrons. The van der Waals surface area contributed by atoms with E-state index in [1.165, 1.54) is 23.1 Å². The summed E-state index contributed by atoms with van der Waals surface area (Å²) >= 11 is 2.68. The molecular formula is C18H18N2O3S2. The van der Waals surface area contributed by atoms with Crippen molar-refractivity contribution in [3.63, 3.8) is 0 Å². The number of esters is 1. The van der Waals surface area contributed by atoms with Crippen LogP contribution in [0.1, 0.15) is 13.8 Å². The van der Waals surface area contributed by atoms with E-state index in [0.717, 1.165) is 11.1 Å². The topological polar surface area (TPSA) is 61.2 Å². The van der Waals surface area contributed by atoms with E-state index in [4.69, 9.17) is 4.74 Å². The summed E-state index contributed by atoms with van der Waals surface area (Å²) in [7, 11) is 0. The third-order valence-electron chi connectivity index (χ3n) is 3.68. The summed E-state index contributed by atoms with van der Waals surface area (Å²) in [6.45, 7) is 4.51. The molecule has 0 atom stereocenters. The van der Waals surface area contributed by atoms with E-state index in [-0.39, 0.29) is 17.3 Å². The van der Waals surface area contributed by atoms with Gasteiger partial charge in [-0.25, -0.2) is 4.98 Å². The van der Waals surface area contributed by atoms with Crippen LogP contribution in [0.4, 0.5) is 0 Å². The van der Waals surface area contributed by atoms with Crippen LogP contribution >= 0.6 is 23.1 Å². The highest BCUT2D eigenvalue weighted by molar-refractivity contribution is 7.99. The summed E-state index contributed by atoms with van der Waals surface area (Å²) in [4.78, 5) is 29.9. The number of hydrogen-bond acceptors (Lipinski definition) is 6. The number of thioether (sulfide) groups is 1. The molecule has 7 heteroatoms. The molecule has 0 unspecified atom stereocenters. The van der Waals surface area contributed by atoms with Crippen molar-refractivity contribution in [1.82, 2.24) is 9.55 Å². The summed E-state index contributed by atoms with van der Waals surface area (Å²) in [6, 6.07) is 9.83. The van der Waals surface area contributed by atoms with Crippen LogP contribution in [0.5, 0.6) is 0 Å². The molecule has 0 aliphatic carbocycles. The maximum absolute atomic E-state index is 13.0. The number of fused-ring (bicyclic) bond motifs is 1. The van der Waals surface area contributed by atoms with E-state index in [2.05, 4.69) is 4.98 Å². The zero-order chi connectivity index (χ0) is 17.8. The van der Waals surface area contributed by atoms with Gasteiger partial charge in [-0.15, -0.1) is 11.3 Å². The largest absolute Gasteiger partial charge is 0.465 e. The highest BCUT2D eigenvalue weighted by Gasteiger charge is 2.17. The molecule has 0 aliphatic heterocycles. The van der Waals surface area contributed by atoms with Crippen molar-refractivity contribution in [3.05, 3.63) is 46.1 Å². The maximum atomic E-state index is 13.0. The molecule has 5 nitrogen and oxygen atoms in total. The van der Waals surface area contributed by atoms with Crippen LogP contribution in [0.2, 0.25) is 0 Å². The first-order chi connectivity index (χ1) is 12.2. The lowest BCUT2D eigenvalue weighted by molar-refractivity contribution is -0.139. The second kappa shape index (κ2) is 7.84. The fourth-order valence-electron chi connectivity index (χ4n) is 2.55. The minimum Gasteiger partial charge on any atom is -0.465 e. The van der Waals surface area contributed by atoms with Crippen molar-refractivity contribution >= 4 is 39.3 Å². The Balaban J connectivity index is 2.05. The molecule has 0 N–H and O–H groups in total. The van der Waals surface area contributed by atoms with E-state index >= 15 is 0 Å². The average molecular weight is 374 g/mol. The molecule has 0 saturated heterocycles. The first kappa shape index (κ1) is 17.7. The highest BCUT2D eigenvalue weighted by atomic mass is 32.2. The number of hydrogen-bond donors (Lipinski definition) is 0. The number of nitrogens with zero attached hydrogens (tertiary/aromatic N) is 2. The van der Waals surface area contributed by atoms with Gasteiger partial charge in [0.15, 0.2) is 5.16 Å². The number of thiophene rings is 1. The minimum atomic E-state index is -0.305. The minimum absolute atomic E-state index is 0.0704. The lowest BCUT2D eigenvalue weighted by Gasteiger charge is -2.10. The standard InChI is InChI=1S/C18H18N2O3S2/c1-3-20-17(22)15-13(12-8-6-5-7-9-12)10-24-16(15)19-18(20)25-11-14(21)23-4-2/h5-10H,3-4,11H2,1-2H3. The van der Waals surface area contributed by atoms with Crippen molar-refractivity contribution in [2.75, 3.05) is 12.4 Å². The summed E-state index contributed by atoms with van der Waals surface area (Å²) in [5, 5.41) is 3.15. The Morgan fingerprint density at radius 1 is 1.28 bits per heavy atom. The molecule has 1 aromatic carbocycles. The predicted molar refractivity (Wildman–Crippen MR) is 102 cm³/mol. The van der Waals surface area contributed by atoms with Gasteiger partial charge in [0.25, 0.3) is 5.56 Å². The van der Waals surface area contributed by atoms with Crippen molar-refractivity contribution < 1.29 is 9.53 Å². The Morgan fingerprint density at radius 3 is 2.72 bits per heavy atom. The zero-order valence-electron chi connectivity index (χ0n) is 14.0. The molecule has 0 amide bonds. The first-order valence-electron chi connectivity index (χ1n) is 8.01. The Hall–Kier alpha value is -2.12. The number of ether oxygens (including phenoxy) is 1.